The molecule has 4 nitrogen and oxygen atoms in total. The highest BCUT2D eigenvalue weighted by Gasteiger charge is 2.31. The third-order valence-electron chi connectivity index (χ3n) is 3.58. The van der Waals surface area contributed by atoms with Crippen LogP contribution in [0.15, 0.2) is 48.5 Å². The zero-order valence-electron chi connectivity index (χ0n) is 15.0. The minimum absolute atomic E-state index is 0.0557. The van der Waals surface area contributed by atoms with Crippen molar-refractivity contribution in [1.29, 1.82) is 0 Å². The maximum atomic E-state index is 13.0. The second-order valence-corrected chi connectivity index (χ2v) is 5.79. The Morgan fingerprint density at radius 2 is 1.93 bits per heavy atom. The van der Waals surface area contributed by atoms with Crippen LogP contribution in [0.4, 0.5) is 18.9 Å². The maximum absolute atomic E-state index is 13.0. The van der Waals surface area contributed by atoms with E-state index in [4.69, 9.17) is 9.47 Å². The van der Waals surface area contributed by atoms with E-state index in [0.29, 0.717) is 0 Å². The van der Waals surface area contributed by atoms with E-state index >= 15 is 0 Å². The van der Waals surface area contributed by atoms with Crippen LogP contribution in [0.3, 0.4) is 0 Å². The lowest BCUT2D eigenvalue weighted by atomic mass is 10.1. The Balaban J connectivity index is 2.19. The third-order valence-corrected chi connectivity index (χ3v) is 3.58. The van der Waals surface area contributed by atoms with Crippen molar-refractivity contribution in [3.63, 3.8) is 0 Å². The number of carbonyl (C=O) groups excluding carboxylic acids is 1. The molecule has 0 aliphatic heterocycles. The lowest BCUT2D eigenvalue weighted by Crippen LogP contribution is -2.13. The van der Waals surface area contributed by atoms with Gasteiger partial charge in [0.15, 0.2) is 0 Å². The molecule has 0 bridgehead atoms. The van der Waals surface area contributed by atoms with Crippen LogP contribution in [0.1, 0.15) is 16.7 Å². The Morgan fingerprint density at radius 3 is 2.59 bits per heavy atom. The molecule has 0 saturated heterocycles. The molecule has 2 aromatic carbocycles. The zero-order chi connectivity index (χ0) is 19.9. The molecule has 0 spiro atoms. The molecule has 2 aromatic rings. The normalized spacial score (nSPS) is 11.6. The molecule has 0 radical (unpaired) electrons. The average Bonchev–Trinajstić information content (AvgIpc) is 2.60. The van der Waals surface area contributed by atoms with Crippen molar-refractivity contribution in [2.75, 3.05) is 25.6 Å². The van der Waals surface area contributed by atoms with Gasteiger partial charge in [-0.2, -0.15) is 13.2 Å². The van der Waals surface area contributed by atoms with Crippen LogP contribution in [0.5, 0.6) is 5.75 Å². The first kappa shape index (κ1) is 20.5. The Hall–Kier alpha value is -2.80. The molecular formula is C20H20F3NO3. The molecule has 0 aliphatic carbocycles. The summed E-state index contributed by atoms with van der Waals surface area (Å²) >= 11 is 0. The van der Waals surface area contributed by atoms with E-state index in [0.717, 1.165) is 23.3 Å². The van der Waals surface area contributed by atoms with E-state index in [1.165, 1.54) is 19.3 Å². The molecule has 7 heteroatoms. The Kier molecular flexibility index (Phi) is 7.01. The molecule has 2 rings (SSSR count). The minimum atomic E-state index is -4.53. The zero-order valence-corrected chi connectivity index (χ0v) is 15.0. The van der Waals surface area contributed by atoms with Gasteiger partial charge in [-0.15, -0.1) is 0 Å². The first-order chi connectivity index (χ1) is 12.8. The van der Waals surface area contributed by atoms with Crippen molar-refractivity contribution in [1.82, 2.24) is 0 Å². The molecular weight excluding hydrogens is 359 g/mol. The lowest BCUT2D eigenvalue weighted by Gasteiger charge is -2.14. The van der Waals surface area contributed by atoms with E-state index < -0.39 is 17.6 Å². The van der Waals surface area contributed by atoms with Gasteiger partial charge in [-0.25, -0.2) is 0 Å². The molecule has 0 fully saturated rings. The van der Waals surface area contributed by atoms with Gasteiger partial charge in [0, 0.05) is 13.2 Å². The van der Waals surface area contributed by atoms with Crippen molar-refractivity contribution in [3.05, 3.63) is 65.2 Å². The first-order valence-corrected chi connectivity index (χ1v) is 8.18. The second-order valence-electron chi connectivity index (χ2n) is 5.79. The molecule has 0 unspecified atom stereocenters. The standard InChI is InChI=1S/C20H20F3NO3/c1-14-4-3-5-15(12-14)6-9-19(25)24-17-13-16(20(21,22)23)7-8-18(17)27-11-10-26-2/h3-9,12-13H,10-11H2,1-2H3,(H,24,25)/b9-6+. The highest BCUT2D eigenvalue weighted by atomic mass is 19.4. The fraction of sp³-hybridized carbons (Fsp3) is 0.250. The molecule has 1 N–H and O–H groups in total. The van der Waals surface area contributed by atoms with Crippen molar-refractivity contribution in [3.8, 4) is 5.75 Å². The molecule has 0 aromatic heterocycles. The summed E-state index contributed by atoms with van der Waals surface area (Å²) in [6.07, 6.45) is -1.68. The Bertz CT molecular complexity index is 816. The summed E-state index contributed by atoms with van der Waals surface area (Å²) in [6.45, 7) is 2.33. The summed E-state index contributed by atoms with van der Waals surface area (Å²) in [5.41, 5.74) is 0.911. The van der Waals surface area contributed by atoms with Gasteiger partial charge in [0.25, 0.3) is 0 Å². The van der Waals surface area contributed by atoms with E-state index in [9.17, 15) is 18.0 Å². The van der Waals surface area contributed by atoms with Gasteiger partial charge in [0.05, 0.1) is 17.9 Å². The summed E-state index contributed by atoms with van der Waals surface area (Å²) in [5, 5.41) is 2.44. The summed E-state index contributed by atoms with van der Waals surface area (Å²) in [6, 6.07) is 10.4. The summed E-state index contributed by atoms with van der Waals surface area (Å²) in [7, 11) is 1.48. The van der Waals surface area contributed by atoms with Gasteiger partial charge in [-0.1, -0.05) is 29.8 Å². The number of nitrogens with one attached hydrogen (secondary N) is 1. The summed E-state index contributed by atoms with van der Waals surface area (Å²) in [4.78, 5) is 12.2. The third kappa shape index (κ3) is 6.45. The molecule has 0 saturated carbocycles. The highest BCUT2D eigenvalue weighted by Crippen LogP contribution is 2.35. The molecule has 0 heterocycles. The van der Waals surface area contributed by atoms with Crippen molar-refractivity contribution in [2.24, 2.45) is 0 Å². The van der Waals surface area contributed by atoms with E-state index in [2.05, 4.69) is 5.32 Å². The number of aryl methyl sites for hydroxylation is 1. The van der Waals surface area contributed by atoms with Crippen molar-refractivity contribution >= 4 is 17.7 Å². The second kappa shape index (κ2) is 9.23. The van der Waals surface area contributed by atoms with E-state index in [1.807, 2.05) is 31.2 Å². The number of rotatable bonds is 7. The number of amides is 1. The number of methoxy groups -OCH3 is 1. The monoisotopic (exact) mass is 379 g/mol. The van der Waals surface area contributed by atoms with Gasteiger partial charge in [0.1, 0.15) is 12.4 Å². The molecule has 0 aliphatic rings. The van der Waals surface area contributed by atoms with Crippen LogP contribution in [0, 0.1) is 6.92 Å². The predicted molar refractivity (Wildman–Crippen MR) is 97.7 cm³/mol. The quantitative estimate of drug-likeness (QED) is 0.561. The lowest BCUT2D eigenvalue weighted by molar-refractivity contribution is -0.137. The maximum Gasteiger partial charge on any atom is 0.416 e. The Morgan fingerprint density at radius 1 is 1.15 bits per heavy atom. The topological polar surface area (TPSA) is 47.6 Å². The summed E-state index contributed by atoms with van der Waals surface area (Å²) in [5.74, 6) is -0.426. The Labute approximate surface area is 155 Å². The van der Waals surface area contributed by atoms with Crippen LogP contribution < -0.4 is 10.1 Å². The van der Waals surface area contributed by atoms with Gasteiger partial charge in [-0.3, -0.25) is 4.79 Å². The number of alkyl halides is 3. The summed E-state index contributed by atoms with van der Waals surface area (Å²) < 4.78 is 49.1. The number of ether oxygens (including phenoxy) is 2. The first-order valence-electron chi connectivity index (χ1n) is 8.18. The van der Waals surface area contributed by atoms with Crippen LogP contribution in [-0.2, 0) is 15.7 Å². The fourth-order valence-corrected chi connectivity index (χ4v) is 2.28. The number of benzene rings is 2. The van der Waals surface area contributed by atoms with Crippen molar-refractivity contribution < 1.29 is 27.4 Å². The smallest absolute Gasteiger partial charge is 0.416 e. The number of hydrogen-bond donors (Lipinski definition) is 1. The number of hydrogen-bond acceptors (Lipinski definition) is 3. The minimum Gasteiger partial charge on any atom is -0.489 e. The highest BCUT2D eigenvalue weighted by molar-refractivity contribution is 6.02. The largest absolute Gasteiger partial charge is 0.489 e. The van der Waals surface area contributed by atoms with Crippen LogP contribution in [0.25, 0.3) is 6.08 Å². The molecule has 0 atom stereocenters. The van der Waals surface area contributed by atoms with Crippen LogP contribution >= 0.6 is 0 Å². The molecule has 144 valence electrons. The number of anilines is 1. The number of carbonyl (C=O) groups is 1. The molecule has 1 amide bonds. The number of halogens is 3. The fourth-order valence-electron chi connectivity index (χ4n) is 2.28. The SMILES string of the molecule is COCCOc1ccc(C(F)(F)F)cc1NC(=O)/C=C/c1cccc(C)c1. The van der Waals surface area contributed by atoms with Crippen LogP contribution in [-0.4, -0.2) is 26.2 Å². The predicted octanol–water partition coefficient (Wildman–Crippen LogP) is 4.69. The van der Waals surface area contributed by atoms with Crippen molar-refractivity contribution in [2.45, 2.75) is 13.1 Å². The van der Waals surface area contributed by atoms with Gasteiger partial charge in [0.2, 0.25) is 5.91 Å². The van der Waals surface area contributed by atoms with E-state index in [1.54, 1.807) is 6.08 Å². The van der Waals surface area contributed by atoms with Gasteiger partial charge < -0.3 is 14.8 Å². The van der Waals surface area contributed by atoms with Crippen LogP contribution in [0.2, 0.25) is 0 Å². The van der Waals surface area contributed by atoms with Gasteiger partial charge >= 0.3 is 6.18 Å². The van der Waals surface area contributed by atoms with E-state index in [-0.39, 0.29) is 24.7 Å². The van der Waals surface area contributed by atoms with Gasteiger partial charge in [-0.05, 0) is 36.8 Å². The molecule has 27 heavy (non-hydrogen) atoms. The average molecular weight is 379 g/mol.